The highest BCUT2D eigenvalue weighted by atomic mass is 35.5. The second-order valence-electron chi connectivity index (χ2n) is 6.75. The van der Waals surface area contributed by atoms with Crippen molar-refractivity contribution in [2.45, 2.75) is 46.1 Å². The Labute approximate surface area is 162 Å². The fourth-order valence-corrected chi connectivity index (χ4v) is 3.13. The highest BCUT2D eigenvalue weighted by Crippen LogP contribution is 2.22. The van der Waals surface area contributed by atoms with E-state index >= 15 is 0 Å². The number of benzene rings is 1. The first kappa shape index (κ1) is 20.3. The largest absolute Gasteiger partial charge is 0.340 e. The fourth-order valence-electron chi connectivity index (χ4n) is 2.26. The zero-order valence-corrected chi connectivity index (χ0v) is 16.8. The number of nitrogens with one attached hydrogen (secondary N) is 2. The molecule has 140 valence electrons. The minimum absolute atomic E-state index is 0.233. The minimum atomic E-state index is -0.662. The highest BCUT2D eigenvalue weighted by Gasteiger charge is 2.24. The topological polar surface area (TPSA) is 84.0 Å². The van der Waals surface area contributed by atoms with E-state index in [1.807, 2.05) is 27.7 Å². The van der Waals surface area contributed by atoms with Crippen molar-refractivity contribution in [3.8, 4) is 0 Å². The van der Waals surface area contributed by atoms with Crippen LogP contribution in [0.25, 0.3) is 0 Å². The van der Waals surface area contributed by atoms with Gasteiger partial charge in [0.1, 0.15) is 11.0 Å². The van der Waals surface area contributed by atoms with Crippen LogP contribution in [0.5, 0.6) is 0 Å². The first-order valence-corrected chi connectivity index (χ1v) is 9.66. The Morgan fingerprint density at radius 1 is 1.12 bits per heavy atom. The molecular formula is C18H23ClN4O2S. The van der Waals surface area contributed by atoms with E-state index in [0.717, 1.165) is 5.01 Å². The lowest BCUT2D eigenvalue weighted by molar-refractivity contribution is -0.118. The summed E-state index contributed by atoms with van der Waals surface area (Å²) in [7, 11) is 0. The van der Waals surface area contributed by atoms with Crippen molar-refractivity contribution >= 4 is 39.9 Å². The van der Waals surface area contributed by atoms with Crippen molar-refractivity contribution in [1.29, 1.82) is 0 Å². The highest BCUT2D eigenvalue weighted by molar-refractivity contribution is 7.15. The molecule has 0 saturated heterocycles. The fraction of sp³-hybridized carbons (Fsp3) is 0.444. The molecule has 2 N–H and O–H groups in total. The van der Waals surface area contributed by atoms with Gasteiger partial charge >= 0.3 is 0 Å². The maximum atomic E-state index is 12.6. The van der Waals surface area contributed by atoms with Crippen LogP contribution in [-0.2, 0) is 4.79 Å². The van der Waals surface area contributed by atoms with E-state index in [0.29, 0.717) is 22.1 Å². The Morgan fingerprint density at radius 2 is 1.77 bits per heavy atom. The molecule has 2 aromatic rings. The Bertz CT molecular complexity index is 759. The molecule has 1 aromatic carbocycles. The van der Waals surface area contributed by atoms with Crippen LogP contribution in [0, 0.1) is 5.92 Å². The third-order valence-corrected chi connectivity index (χ3v) is 4.99. The van der Waals surface area contributed by atoms with E-state index in [2.05, 4.69) is 20.8 Å². The maximum Gasteiger partial charge on any atom is 0.251 e. The summed E-state index contributed by atoms with van der Waals surface area (Å²) in [5.74, 6) is -0.138. The molecule has 0 aliphatic heterocycles. The molecule has 1 heterocycles. The van der Waals surface area contributed by atoms with E-state index in [1.165, 1.54) is 11.3 Å². The quantitative estimate of drug-likeness (QED) is 0.740. The molecule has 0 bridgehead atoms. The summed E-state index contributed by atoms with van der Waals surface area (Å²) in [5, 5.41) is 15.5. The molecule has 0 aliphatic rings. The van der Waals surface area contributed by atoms with Crippen LogP contribution in [0.3, 0.4) is 0 Å². The average molecular weight is 395 g/mol. The number of hydrogen-bond donors (Lipinski definition) is 2. The van der Waals surface area contributed by atoms with E-state index in [9.17, 15) is 9.59 Å². The van der Waals surface area contributed by atoms with Gasteiger partial charge in [0.05, 0.1) is 0 Å². The van der Waals surface area contributed by atoms with Crippen LogP contribution in [0.2, 0.25) is 5.02 Å². The molecule has 1 aromatic heterocycles. The van der Waals surface area contributed by atoms with Gasteiger partial charge < -0.3 is 5.32 Å². The van der Waals surface area contributed by atoms with Gasteiger partial charge in [0.15, 0.2) is 0 Å². The number of nitrogens with zero attached hydrogens (tertiary/aromatic N) is 2. The van der Waals surface area contributed by atoms with Gasteiger partial charge in [-0.15, -0.1) is 10.2 Å². The van der Waals surface area contributed by atoms with E-state index in [1.54, 1.807) is 24.3 Å². The molecule has 2 amide bonds. The SMILES string of the molecule is CC(C)CC(NC(=O)c1ccc(Cl)cc1)C(=O)Nc1nnc(C(C)C)s1. The van der Waals surface area contributed by atoms with Gasteiger partial charge in [0.2, 0.25) is 11.0 Å². The number of anilines is 1. The van der Waals surface area contributed by atoms with Crippen LogP contribution in [-0.4, -0.2) is 28.1 Å². The average Bonchev–Trinajstić information content (AvgIpc) is 3.03. The molecule has 2 rings (SSSR count). The van der Waals surface area contributed by atoms with E-state index in [4.69, 9.17) is 11.6 Å². The maximum absolute atomic E-state index is 12.6. The standard InChI is InChI=1S/C18H23ClN4O2S/c1-10(2)9-14(20-15(24)12-5-7-13(19)8-6-12)16(25)21-18-23-22-17(26-18)11(3)4/h5-8,10-11,14H,9H2,1-4H3,(H,20,24)(H,21,23,25). The van der Waals surface area contributed by atoms with Crippen molar-refractivity contribution in [3.63, 3.8) is 0 Å². The van der Waals surface area contributed by atoms with Crippen LogP contribution >= 0.6 is 22.9 Å². The van der Waals surface area contributed by atoms with Gasteiger partial charge in [0.25, 0.3) is 5.91 Å². The summed E-state index contributed by atoms with van der Waals surface area (Å²) in [6.45, 7) is 8.02. The van der Waals surface area contributed by atoms with Crippen LogP contribution < -0.4 is 10.6 Å². The van der Waals surface area contributed by atoms with E-state index in [-0.39, 0.29) is 23.7 Å². The summed E-state index contributed by atoms with van der Waals surface area (Å²) >= 11 is 7.19. The molecule has 0 fully saturated rings. The molecule has 0 aliphatic carbocycles. The van der Waals surface area contributed by atoms with Crippen molar-refractivity contribution in [2.75, 3.05) is 5.32 Å². The van der Waals surface area contributed by atoms with Crippen LogP contribution in [0.15, 0.2) is 24.3 Å². The number of carbonyl (C=O) groups is 2. The Hall–Kier alpha value is -1.99. The lowest BCUT2D eigenvalue weighted by atomic mass is 10.0. The van der Waals surface area contributed by atoms with Crippen molar-refractivity contribution < 1.29 is 9.59 Å². The molecule has 8 heteroatoms. The van der Waals surface area contributed by atoms with Crippen molar-refractivity contribution in [2.24, 2.45) is 5.92 Å². The first-order valence-electron chi connectivity index (χ1n) is 8.47. The smallest absolute Gasteiger partial charge is 0.251 e. The number of halogens is 1. The van der Waals surface area contributed by atoms with Crippen molar-refractivity contribution in [1.82, 2.24) is 15.5 Å². The summed E-state index contributed by atoms with van der Waals surface area (Å²) < 4.78 is 0. The van der Waals surface area contributed by atoms with Gasteiger partial charge in [0, 0.05) is 16.5 Å². The molecule has 0 spiro atoms. The molecule has 0 saturated carbocycles. The summed E-state index contributed by atoms with van der Waals surface area (Å²) in [6.07, 6.45) is 0.515. The lowest BCUT2D eigenvalue weighted by Gasteiger charge is -2.19. The molecule has 26 heavy (non-hydrogen) atoms. The summed E-state index contributed by atoms with van der Waals surface area (Å²) in [4.78, 5) is 25.1. The van der Waals surface area contributed by atoms with Crippen LogP contribution in [0.4, 0.5) is 5.13 Å². The monoisotopic (exact) mass is 394 g/mol. The number of amides is 2. The molecule has 0 radical (unpaired) electrons. The third kappa shape index (κ3) is 5.78. The third-order valence-electron chi connectivity index (χ3n) is 3.60. The van der Waals surface area contributed by atoms with Gasteiger partial charge in [-0.2, -0.15) is 0 Å². The predicted molar refractivity (Wildman–Crippen MR) is 105 cm³/mol. The molecule has 1 atom stereocenters. The lowest BCUT2D eigenvalue weighted by Crippen LogP contribution is -2.44. The second-order valence-corrected chi connectivity index (χ2v) is 8.20. The van der Waals surface area contributed by atoms with Gasteiger partial charge in [-0.1, -0.05) is 50.6 Å². The zero-order chi connectivity index (χ0) is 19.3. The van der Waals surface area contributed by atoms with E-state index < -0.39 is 6.04 Å². The Morgan fingerprint density at radius 3 is 2.31 bits per heavy atom. The normalized spacial score (nSPS) is 12.3. The predicted octanol–water partition coefficient (Wildman–Crippen LogP) is 4.10. The number of aromatic nitrogens is 2. The minimum Gasteiger partial charge on any atom is -0.340 e. The molecular weight excluding hydrogens is 372 g/mol. The summed E-state index contributed by atoms with van der Waals surface area (Å²) in [6, 6.07) is 5.87. The summed E-state index contributed by atoms with van der Waals surface area (Å²) in [5.41, 5.74) is 0.453. The Kier molecular flexibility index (Phi) is 7.11. The first-order chi connectivity index (χ1) is 12.3. The van der Waals surface area contributed by atoms with Gasteiger partial charge in [-0.3, -0.25) is 14.9 Å². The van der Waals surface area contributed by atoms with Gasteiger partial charge in [-0.05, 0) is 36.6 Å². The molecule has 1 unspecified atom stereocenters. The molecule has 6 nitrogen and oxygen atoms in total. The van der Waals surface area contributed by atoms with Gasteiger partial charge in [-0.25, -0.2) is 0 Å². The number of rotatable bonds is 7. The second kappa shape index (κ2) is 9.09. The van der Waals surface area contributed by atoms with Crippen LogP contribution in [0.1, 0.15) is 55.4 Å². The zero-order valence-electron chi connectivity index (χ0n) is 15.2. The number of carbonyl (C=O) groups excluding carboxylic acids is 2. The Balaban J connectivity index is 2.08. The van der Waals surface area contributed by atoms with Crippen molar-refractivity contribution in [3.05, 3.63) is 39.9 Å². The number of hydrogen-bond acceptors (Lipinski definition) is 5.